The van der Waals surface area contributed by atoms with Gasteiger partial charge in [0.2, 0.25) is 0 Å². The van der Waals surface area contributed by atoms with Crippen molar-refractivity contribution in [1.29, 1.82) is 0 Å². The van der Waals surface area contributed by atoms with Crippen LogP contribution in [0.1, 0.15) is 59.4 Å². The van der Waals surface area contributed by atoms with Crippen LogP contribution in [-0.2, 0) is 25.5 Å². The lowest BCUT2D eigenvalue weighted by molar-refractivity contribution is -0.159. The zero-order valence-electron chi connectivity index (χ0n) is 18.5. The standard InChI is InChI=1S/C25H36O4/c1-16(2)19-12-11-17(3)13-21(19)29-24(27)23-20(25(23,4)5)15-28-22(26)14-18-9-7-6-8-10-18/h6-10,16-17,19-21,23H,11-15H2,1-5H3. The third-order valence-electron chi connectivity index (χ3n) is 7.15. The van der Waals surface area contributed by atoms with E-state index in [9.17, 15) is 9.59 Å². The molecule has 0 aromatic heterocycles. The number of carbonyl (C=O) groups is 2. The molecule has 2 saturated carbocycles. The van der Waals surface area contributed by atoms with E-state index in [0.29, 0.717) is 17.8 Å². The van der Waals surface area contributed by atoms with E-state index in [-0.39, 0.29) is 48.3 Å². The Morgan fingerprint density at radius 2 is 1.83 bits per heavy atom. The monoisotopic (exact) mass is 400 g/mol. The summed E-state index contributed by atoms with van der Waals surface area (Å²) in [4.78, 5) is 25.1. The molecular formula is C25H36O4. The zero-order valence-corrected chi connectivity index (χ0v) is 18.5. The molecule has 0 heterocycles. The molecule has 2 aliphatic carbocycles. The molecule has 0 radical (unpaired) electrons. The van der Waals surface area contributed by atoms with Gasteiger partial charge in [0, 0.05) is 5.92 Å². The summed E-state index contributed by atoms with van der Waals surface area (Å²) in [5, 5.41) is 0. The van der Waals surface area contributed by atoms with Crippen molar-refractivity contribution in [3.8, 4) is 0 Å². The first-order chi connectivity index (χ1) is 13.7. The number of carbonyl (C=O) groups excluding carboxylic acids is 2. The lowest BCUT2D eigenvalue weighted by Gasteiger charge is -2.36. The maximum absolute atomic E-state index is 12.9. The van der Waals surface area contributed by atoms with Gasteiger partial charge in [-0.05, 0) is 41.6 Å². The van der Waals surface area contributed by atoms with Crippen molar-refractivity contribution in [2.75, 3.05) is 6.61 Å². The van der Waals surface area contributed by atoms with Crippen LogP contribution >= 0.6 is 0 Å². The Morgan fingerprint density at radius 3 is 2.48 bits per heavy atom. The molecule has 0 amide bonds. The summed E-state index contributed by atoms with van der Waals surface area (Å²) in [6, 6.07) is 9.58. The Bertz CT molecular complexity index is 709. The van der Waals surface area contributed by atoms with Gasteiger partial charge >= 0.3 is 11.9 Å². The summed E-state index contributed by atoms with van der Waals surface area (Å²) < 4.78 is 11.6. The average molecular weight is 401 g/mol. The molecule has 2 fully saturated rings. The van der Waals surface area contributed by atoms with Crippen LogP contribution < -0.4 is 0 Å². The van der Waals surface area contributed by atoms with Crippen LogP contribution in [0.2, 0.25) is 0 Å². The SMILES string of the molecule is CC1CCC(C(C)C)C(OC(=O)C2C(COC(=O)Cc3ccccc3)C2(C)C)C1. The Kier molecular flexibility index (Phi) is 6.70. The van der Waals surface area contributed by atoms with Gasteiger partial charge in [-0.1, -0.05) is 71.4 Å². The average Bonchev–Trinajstić information content (AvgIpc) is 3.21. The predicted octanol–water partition coefficient (Wildman–Crippen LogP) is 5.05. The van der Waals surface area contributed by atoms with Crippen molar-refractivity contribution in [3.05, 3.63) is 35.9 Å². The minimum atomic E-state index is -0.244. The van der Waals surface area contributed by atoms with Gasteiger partial charge in [0.15, 0.2) is 0 Å². The van der Waals surface area contributed by atoms with E-state index in [1.807, 2.05) is 30.3 Å². The third-order valence-corrected chi connectivity index (χ3v) is 7.15. The molecule has 2 aliphatic rings. The highest BCUT2D eigenvalue weighted by molar-refractivity contribution is 5.78. The Balaban J connectivity index is 1.52. The predicted molar refractivity (Wildman–Crippen MR) is 113 cm³/mol. The van der Waals surface area contributed by atoms with E-state index in [2.05, 4.69) is 34.6 Å². The number of esters is 2. The second-order valence-electron chi connectivity index (χ2n) is 10.1. The maximum atomic E-state index is 12.9. The molecule has 0 aliphatic heterocycles. The van der Waals surface area contributed by atoms with Gasteiger partial charge < -0.3 is 9.47 Å². The zero-order chi connectivity index (χ0) is 21.2. The van der Waals surface area contributed by atoms with E-state index in [1.165, 1.54) is 6.42 Å². The van der Waals surface area contributed by atoms with Crippen molar-refractivity contribution in [2.24, 2.45) is 35.0 Å². The quantitative estimate of drug-likeness (QED) is 0.601. The van der Waals surface area contributed by atoms with E-state index in [1.54, 1.807) is 0 Å². The van der Waals surface area contributed by atoms with Gasteiger partial charge in [-0.15, -0.1) is 0 Å². The van der Waals surface area contributed by atoms with Gasteiger partial charge in [-0.25, -0.2) is 0 Å². The smallest absolute Gasteiger partial charge is 0.310 e. The van der Waals surface area contributed by atoms with Crippen molar-refractivity contribution >= 4 is 11.9 Å². The van der Waals surface area contributed by atoms with Gasteiger partial charge in [-0.3, -0.25) is 9.59 Å². The number of rotatable bonds is 7. The van der Waals surface area contributed by atoms with Gasteiger partial charge in [-0.2, -0.15) is 0 Å². The maximum Gasteiger partial charge on any atom is 0.310 e. The van der Waals surface area contributed by atoms with Gasteiger partial charge in [0.05, 0.1) is 18.9 Å². The van der Waals surface area contributed by atoms with Crippen LogP contribution in [0.5, 0.6) is 0 Å². The molecular weight excluding hydrogens is 364 g/mol. The highest BCUT2D eigenvalue weighted by Gasteiger charge is 2.63. The summed E-state index contributed by atoms with van der Waals surface area (Å²) in [5.74, 6) is 1.06. The Morgan fingerprint density at radius 1 is 1.14 bits per heavy atom. The number of benzene rings is 1. The first-order valence-corrected chi connectivity index (χ1v) is 11.1. The molecule has 0 bridgehead atoms. The second-order valence-corrected chi connectivity index (χ2v) is 10.1. The van der Waals surface area contributed by atoms with Crippen LogP contribution in [0.15, 0.2) is 30.3 Å². The number of hydrogen-bond acceptors (Lipinski definition) is 4. The minimum Gasteiger partial charge on any atom is -0.465 e. The topological polar surface area (TPSA) is 52.6 Å². The van der Waals surface area contributed by atoms with E-state index >= 15 is 0 Å². The molecule has 1 aromatic carbocycles. The van der Waals surface area contributed by atoms with Crippen molar-refractivity contribution in [1.82, 2.24) is 0 Å². The third kappa shape index (κ3) is 5.21. The molecule has 4 nitrogen and oxygen atoms in total. The van der Waals surface area contributed by atoms with Crippen molar-refractivity contribution in [2.45, 2.75) is 66.4 Å². The molecule has 0 N–H and O–H groups in total. The highest BCUT2D eigenvalue weighted by atomic mass is 16.5. The molecule has 4 heteroatoms. The van der Waals surface area contributed by atoms with Gasteiger partial charge in [0.1, 0.15) is 6.10 Å². The van der Waals surface area contributed by atoms with Crippen LogP contribution in [0.3, 0.4) is 0 Å². The van der Waals surface area contributed by atoms with E-state index in [0.717, 1.165) is 18.4 Å². The Labute approximate surface area is 175 Å². The van der Waals surface area contributed by atoms with Crippen LogP contribution in [-0.4, -0.2) is 24.6 Å². The molecule has 1 aromatic rings. The second kappa shape index (κ2) is 8.89. The fraction of sp³-hybridized carbons (Fsp3) is 0.680. The molecule has 160 valence electrons. The minimum absolute atomic E-state index is 0.0175. The fourth-order valence-corrected chi connectivity index (χ4v) is 4.99. The summed E-state index contributed by atoms with van der Waals surface area (Å²) >= 11 is 0. The normalized spacial score (nSPS) is 30.6. The van der Waals surface area contributed by atoms with E-state index < -0.39 is 0 Å². The number of ether oxygens (including phenoxy) is 2. The van der Waals surface area contributed by atoms with Crippen molar-refractivity contribution in [3.63, 3.8) is 0 Å². The molecule has 29 heavy (non-hydrogen) atoms. The first kappa shape index (κ1) is 21.9. The van der Waals surface area contributed by atoms with Crippen LogP contribution in [0.25, 0.3) is 0 Å². The van der Waals surface area contributed by atoms with E-state index in [4.69, 9.17) is 9.47 Å². The lowest BCUT2D eigenvalue weighted by Crippen LogP contribution is -2.36. The fourth-order valence-electron chi connectivity index (χ4n) is 4.99. The number of hydrogen-bond donors (Lipinski definition) is 0. The molecule has 0 saturated heterocycles. The van der Waals surface area contributed by atoms with Gasteiger partial charge in [0.25, 0.3) is 0 Å². The highest BCUT2D eigenvalue weighted by Crippen LogP contribution is 2.59. The Hall–Kier alpha value is -1.84. The molecule has 5 unspecified atom stereocenters. The largest absolute Gasteiger partial charge is 0.465 e. The summed E-state index contributed by atoms with van der Waals surface area (Å²) in [5.41, 5.74) is 0.757. The first-order valence-electron chi connectivity index (χ1n) is 11.1. The lowest BCUT2D eigenvalue weighted by atomic mass is 9.75. The molecule has 0 spiro atoms. The van der Waals surface area contributed by atoms with Crippen LogP contribution in [0, 0.1) is 35.0 Å². The van der Waals surface area contributed by atoms with Crippen LogP contribution in [0.4, 0.5) is 0 Å². The summed E-state index contributed by atoms with van der Waals surface area (Å²) in [6.07, 6.45) is 3.58. The van der Waals surface area contributed by atoms with Crippen molar-refractivity contribution < 1.29 is 19.1 Å². The molecule has 5 atom stereocenters. The summed E-state index contributed by atoms with van der Waals surface area (Å²) in [7, 11) is 0. The molecule has 3 rings (SSSR count). The summed E-state index contributed by atoms with van der Waals surface area (Å²) in [6.45, 7) is 11.1.